The number of ether oxygens (including phenoxy) is 2. The summed E-state index contributed by atoms with van der Waals surface area (Å²) in [7, 11) is 3.17. The third kappa shape index (κ3) is 4.40. The van der Waals surface area contributed by atoms with Crippen LogP contribution >= 0.6 is 11.8 Å². The fraction of sp³-hybridized carbons (Fsp3) is 0.346. The first kappa shape index (κ1) is 23.4. The number of methoxy groups -OCH3 is 2. The average molecular weight is 495 g/mol. The van der Waals surface area contributed by atoms with E-state index in [4.69, 9.17) is 19.6 Å². The molecule has 0 fully saturated rings. The number of allylic oxidation sites excluding steroid dienone is 2. The van der Waals surface area contributed by atoms with Gasteiger partial charge in [0.2, 0.25) is 11.1 Å². The summed E-state index contributed by atoms with van der Waals surface area (Å²) in [6.45, 7) is 4.19. The van der Waals surface area contributed by atoms with Gasteiger partial charge in [0, 0.05) is 23.4 Å². The Hall–Kier alpha value is -3.33. The van der Waals surface area contributed by atoms with Gasteiger partial charge in [-0.1, -0.05) is 49.9 Å². The fourth-order valence-corrected chi connectivity index (χ4v) is 5.55. The predicted octanol–water partition coefficient (Wildman–Crippen LogP) is 5.38. The summed E-state index contributed by atoms with van der Waals surface area (Å²) in [5.74, 6) is 1.97. The highest BCUT2D eigenvalue weighted by Crippen LogP contribution is 2.46. The van der Waals surface area contributed by atoms with Crippen LogP contribution in [-0.2, 0) is 10.5 Å². The molecule has 1 atom stereocenters. The Labute approximate surface area is 207 Å². The number of carbonyl (C=O) groups is 1. The second-order valence-corrected chi connectivity index (χ2v) is 10.5. The van der Waals surface area contributed by atoms with Gasteiger partial charge in [0.15, 0.2) is 17.3 Å². The maximum Gasteiger partial charge on any atom is 0.227 e. The van der Waals surface area contributed by atoms with Crippen molar-refractivity contribution < 1.29 is 18.7 Å². The number of benzene rings is 2. The van der Waals surface area contributed by atoms with Crippen molar-refractivity contribution in [1.82, 2.24) is 14.8 Å². The zero-order valence-electron chi connectivity index (χ0n) is 20.1. The first-order valence-corrected chi connectivity index (χ1v) is 12.4. The van der Waals surface area contributed by atoms with Crippen molar-refractivity contribution in [2.24, 2.45) is 5.41 Å². The van der Waals surface area contributed by atoms with Crippen molar-refractivity contribution in [3.05, 3.63) is 70.7 Å². The Kier molecular flexibility index (Phi) is 6.04. The quantitative estimate of drug-likeness (QED) is 0.461. The van der Waals surface area contributed by atoms with Crippen molar-refractivity contribution in [1.29, 1.82) is 0 Å². The van der Waals surface area contributed by atoms with Gasteiger partial charge in [0.1, 0.15) is 11.9 Å². The first-order chi connectivity index (χ1) is 16.8. The number of halogens is 1. The lowest BCUT2D eigenvalue weighted by Crippen LogP contribution is -2.36. The van der Waals surface area contributed by atoms with E-state index in [1.807, 2.05) is 24.3 Å². The van der Waals surface area contributed by atoms with Crippen molar-refractivity contribution >= 4 is 23.5 Å². The fourth-order valence-electron chi connectivity index (χ4n) is 4.74. The predicted molar refractivity (Wildman–Crippen MR) is 132 cm³/mol. The Bertz CT molecular complexity index is 1330. The molecule has 3 aromatic rings. The zero-order valence-corrected chi connectivity index (χ0v) is 20.9. The number of fused-ring (bicyclic) bond motifs is 1. The molecule has 0 bridgehead atoms. The van der Waals surface area contributed by atoms with Crippen molar-refractivity contribution in [2.45, 2.75) is 43.6 Å². The van der Waals surface area contributed by atoms with Gasteiger partial charge in [-0.05, 0) is 41.2 Å². The van der Waals surface area contributed by atoms with E-state index in [2.05, 4.69) is 19.2 Å². The minimum Gasteiger partial charge on any atom is -0.493 e. The third-order valence-corrected chi connectivity index (χ3v) is 7.24. The molecule has 2 heterocycles. The number of hydrogen-bond donors (Lipinski definition) is 1. The molecule has 1 aromatic heterocycles. The van der Waals surface area contributed by atoms with Crippen LogP contribution < -0.4 is 14.8 Å². The molecule has 0 spiro atoms. The lowest BCUT2D eigenvalue weighted by atomic mass is 9.73. The van der Waals surface area contributed by atoms with E-state index in [0.717, 1.165) is 17.7 Å². The molecule has 2 aromatic carbocycles. The largest absolute Gasteiger partial charge is 0.493 e. The molecule has 0 amide bonds. The van der Waals surface area contributed by atoms with Gasteiger partial charge < -0.3 is 14.8 Å². The molecule has 5 rings (SSSR count). The second-order valence-electron chi connectivity index (χ2n) is 9.52. The van der Waals surface area contributed by atoms with Crippen LogP contribution in [0.5, 0.6) is 11.5 Å². The lowest BCUT2D eigenvalue weighted by Gasteiger charge is -2.38. The Morgan fingerprint density at radius 3 is 2.66 bits per heavy atom. The first-order valence-electron chi connectivity index (χ1n) is 11.4. The van der Waals surface area contributed by atoms with E-state index in [1.165, 1.54) is 17.8 Å². The lowest BCUT2D eigenvalue weighted by molar-refractivity contribution is -0.118. The van der Waals surface area contributed by atoms with E-state index in [0.29, 0.717) is 45.9 Å². The summed E-state index contributed by atoms with van der Waals surface area (Å²) in [6, 6.07) is 11.9. The van der Waals surface area contributed by atoms with Gasteiger partial charge >= 0.3 is 0 Å². The smallest absolute Gasteiger partial charge is 0.227 e. The van der Waals surface area contributed by atoms with Crippen molar-refractivity contribution in [3.63, 3.8) is 0 Å². The van der Waals surface area contributed by atoms with E-state index < -0.39 is 6.04 Å². The molecule has 1 aliphatic carbocycles. The Morgan fingerprint density at radius 2 is 1.91 bits per heavy atom. The Morgan fingerprint density at radius 1 is 1.14 bits per heavy atom. The molecule has 2 aliphatic rings. The van der Waals surface area contributed by atoms with Gasteiger partial charge in [-0.15, -0.1) is 5.10 Å². The topological polar surface area (TPSA) is 78.3 Å². The molecule has 7 nitrogen and oxygen atoms in total. The van der Waals surface area contributed by atoms with Gasteiger partial charge in [-0.2, -0.15) is 4.98 Å². The SMILES string of the molecule is COc1ccc([C@H]2C3=C(CC(C)(C)CC3=O)Nc3nc(SCc4ccccc4F)nn32)cc1OC. The highest BCUT2D eigenvalue weighted by molar-refractivity contribution is 7.98. The number of Topliss-reactive ketones (excluding diaryl/α,β-unsaturated/α-hetero) is 1. The standard InChI is InChI=1S/C26H27FN4O3S/c1-26(2)12-18-22(19(32)13-26)23(15-9-10-20(33-3)21(11-15)34-4)31-24(28-18)29-25(30-31)35-14-16-7-5-6-8-17(16)27/h5-11,23H,12-14H2,1-4H3,(H,28,29,30)/t23-/m0/s1. The van der Waals surface area contributed by atoms with Crippen LogP contribution in [0, 0.1) is 11.2 Å². The summed E-state index contributed by atoms with van der Waals surface area (Å²) in [5.41, 5.74) is 2.84. The van der Waals surface area contributed by atoms with Crippen molar-refractivity contribution in [2.75, 3.05) is 19.5 Å². The minimum atomic E-state index is -0.458. The zero-order chi connectivity index (χ0) is 24.7. The van der Waals surface area contributed by atoms with Gasteiger partial charge in [0.25, 0.3) is 0 Å². The summed E-state index contributed by atoms with van der Waals surface area (Å²) in [6.07, 6.45) is 1.18. The molecule has 182 valence electrons. The number of carbonyl (C=O) groups excluding carboxylic acids is 1. The Balaban J connectivity index is 1.56. The number of nitrogens with one attached hydrogen (secondary N) is 1. The maximum atomic E-state index is 14.1. The molecule has 1 aliphatic heterocycles. The summed E-state index contributed by atoms with van der Waals surface area (Å²) in [5, 5.41) is 8.62. The van der Waals surface area contributed by atoms with Gasteiger partial charge in [0.05, 0.1) is 14.2 Å². The van der Waals surface area contributed by atoms with E-state index in [-0.39, 0.29) is 17.0 Å². The van der Waals surface area contributed by atoms with Crippen LogP contribution in [0.2, 0.25) is 0 Å². The van der Waals surface area contributed by atoms with E-state index >= 15 is 0 Å². The molecule has 1 N–H and O–H groups in total. The average Bonchev–Trinajstić information content (AvgIpc) is 3.23. The van der Waals surface area contributed by atoms with Crippen molar-refractivity contribution in [3.8, 4) is 11.5 Å². The summed E-state index contributed by atoms with van der Waals surface area (Å²) >= 11 is 1.35. The molecular weight excluding hydrogens is 467 g/mol. The highest BCUT2D eigenvalue weighted by Gasteiger charge is 2.42. The molecule has 0 saturated carbocycles. The van der Waals surface area contributed by atoms with Crippen LogP contribution in [-0.4, -0.2) is 34.8 Å². The highest BCUT2D eigenvalue weighted by atomic mass is 32.2. The second kappa shape index (κ2) is 9.03. The number of ketones is 1. The van der Waals surface area contributed by atoms with Gasteiger partial charge in [-0.25, -0.2) is 9.07 Å². The minimum absolute atomic E-state index is 0.0882. The number of anilines is 1. The summed E-state index contributed by atoms with van der Waals surface area (Å²) < 4.78 is 26.8. The normalized spacial score (nSPS) is 18.5. The molecule has 35 heavy (non-hydrogen) atoms. The van der Waals surface area contributed by atoms with Crippen LogP contribution in [0.4, 0.5) is 10.3 Å². The van der Waals surface area contributed by atoms with Crippen LogP contribution in [0.15, 0.2) is 58.9 Å². The van der Waals surface area contributed by atoms with Crippen LogP contribution in [0.25, 0.3) is 0 Å². The van der Waals surface area contributed by atoms with Crippen LogP contribution in [0.3, 0.4) is 0 Å². The molecule has 0 radical (unpaired) electrons. The molecule has 9 heteroatoms. The maximum absolute atomic E-state index is 14.1. The number of aromatic nitrogens is 3. The van der Waals surface area contributed by atoms with E-state index in [1.54, 1.807) is 31.0 Å². The number of hydrogen-bond acceptors (Lipinski definition) is 7. The van der Waals surface area contributed by atoms with E-state index in [9.17, 15) is 9.18 Å². The molecular formula is C26H27FN4O3S. The number of nitrogens with zero attached hydrogens (tertiary/aromatic N) is 3. The molecule has 0 unspecified atom stereocenters. The third-order valence-electron chi connectivity index (χ3n) is 6.35. The van der Waals surface area contributed by atoms with Gasteiger partial charge in [-0.3, -0.25) is 4.79 Å². The van der Waals surface area contributed by atoms with Crippen LogP contribution in [0.1, 0.15) is 43.9 Å². The number of rotatable bonds is 6. The monoisotopic (exact) mass is 494 g/mol. The number of thioether (sulfide) groups is 1. The summed E-state index contributed by atoms with van der Waals surface area (Å²) in [4.78, 5) is 18.1. The molecule has 0 saturated heterocycles.